The molecule has 0 aliphatic heterocycles. The number of hydrogen-bond acceptors (Lipinski definition) is 4. The smallest absolute Gasteiger partial charge is 0.249 e. The molecule has 1 N–H and O–H groups in total. The Kier molecular flexibility index (Phi) is 3.23. The maximum atomic E-state index is 12.6. The Morgan fingerprint density at radius 3 is 2.75 bits per heavy atom. The van der Waals surface area contributed by atoms with E-state index in [2.05, 4.69) is 4.98 Å². The van der Waals surface area contributed by atoms with Crippen LogP contribution in [0.4, 0.5) is 0 Å². The molecule has 7 heteroatoms. The Labute approximate surface area is 116 Å². The van der Waals surface area contributed by atoms with Crippen LogP contribution < -0.4 is 5.43 Å². The van der Waals surface area contributed by atoms with Gasteiger partial charge in [0.2, 0.25) is 15.5 Å². The fourth-order valence-corrected chi connectivity index (χ4v) is 3.75. The summed E-state index contributed by atoms with van der Waals surface area (Å²) in [5.41, 5.74) is -0.506. The molecule has 1 saturated carbocycles. The first-order valence-electron chi connectivity index (χ1n) is 6.30. The number of hydrogen-bond donors (Lipinski definition) is 1. The molecule has 106 valence electrons. The predicted molar refractivity (Wildman–Crippen MR) is 71.5 cm³/mol. The minimum Gasteiger partial charge on any atom is -0.468 e. The summed E-state index contributed by atoms with van der Waals surface area (Å²) in [6, 6.07) is 4.59. The van der Waals surface area contributed by atoms with Crippen LogP contribution in [-0.4, -0.2) is 23.7 Å². The molecule has 2 aromatic rings. The molecule has 0 aromatic carbocycles. The van der Waals surface area contributed by atoms with Gasteiger partial charge < -0.3 is 9.40 Å². The van der Waals surface area contributed by atoms with Crippen molar-refractivity contribution < 1.29 is 12.8 Å². The molecule has 0 radical (unpaired) electrons. The zero-order valence-corrected chi connectivity index (χ0v) is 11.5. The third kappa shape index (κ3) is 2.41. The van der Waals surface area contributed by atoms with E-state index in [4.69, 9.17) is 4.42 Å². The van der Waals surface area contributed by atoms with Gasteiger partial charge in [0.25, 0.3) is 0 Å². The van der Waals surface area contributed by atoms with E-state index in [1.54, 1.807) is 12.1 Å². The Bertz CT molecular complexity index is 745. The van der Waals surface area contributed by atoms with E-state index in [-0.39, 0.29) is 17.5 Å². The summed E-state index contributed by atoms with van der Waals surface area (Å²) in [6.07, 6.45) is 5.77. The lowest BCUT2D eigenvalue weighted by molar-refractivity contribution is 0.356. The van der Waals surface area contributed by atoms with Gasteiger partial charge in [-0.25, -0.2) is 8.42 Å². The SMILES string of the molecule is O=c1cc[nH]cc1S(=O)(=O)N(Cc1ccco1)C1CC1. The zero-order chi connectivity index (χ0) is 14.2. The van der Waals surface area contributed by atoms with Crippen molar-refractivity contribution in [2.24, 2.45) is 0 Å². The molecule has 0 unspecified atom stereocenters. The third-order valence-electron chi connectivity index (χ3n) is 3.22. The van der Waals surface area contributed by atoms with Crippen LogP contribution in [0.1, 0.15) is 18.6 Å². The summed E-state index contributed by atoms with van der Waals surface area (Å²) in [5.74, 6) is 0.563. The summed E-state index contributed by atoms with van der Waals surface area (Å²) in [6.45, 7) is 0.147. The van der Waals surface area contributed by atoms with Crippen LogP contribution in [0.2, 0.25) is 0 Å². The first-order valence-corrected chi connectivity index (χ1v) is 7.74. The summed E-state index contributed by atoms with van der Waals surface area (Å²) < 4.78 is 31.8. The average molecular weight is 294 g/mol. The van der Waals surface area contributed by atoms with Gasteiger partial charge in [-0.3, -0.25) is 4.79 Å². The van der Waals surface area contributed by atoms with E-state index >= 15 is 0 Å². The number of aromatic amines is 1. The number of rotatable bonds is 5. The number of nitrogens with one attached hydrogen (secondary N) is 1. The molecule has 6 nitrogen and oxygen atoms in total. The van der Waals surface area contributed by atoms with E-state index in [0.717, 1.165) is 12.8 Å². The Hall–Kier alpha value is -1.86. The van der Waals surface area contributed by atoms with E-state index in [0.29, 0.717) is 5.76 Å². The maximum absolute atomic E-state index is 12.6. The minimum absolute atomic E-state index is 0.0512. The number of sulfonamides is 1. The molecular weight excluding hydrogens is 280 g/mol. The van der Waals surface area contributed by atoms with Crippen LogP contribution in [0, 0.1) is 0 Å². The molecule has 1 aliphatic rings. The fourth-order valence-electron chi connectivity index (χ4n) is 2.06. The van der Waals surface area contributed by atoms with Crippen molar-refractivity contribution in [1.29, 1.82) is 0 Å². The van der Waals surface area contributed by atoms with E-state index in [9.17, 15) is 13.2 Å². The highest BCUT2D eigenvalue weighted by atomic mass is 32.2. The fraction of sp³-hybridized carbons (Fsp3) is 0.308. The zero-order valence-electron chi connectivity index (χ0n) is 10.7. The van der Waals surface area contributed by atoms with E-state index < -0.39 is 15.5 Å². The standard InChI is InChI=1S/C13H14N2O4S/c16-12-5-6-14-8-13(12)20(17,18)15(10-3-4-10)9-11-2-1-7-19-11/h1-2,5-8,10H,3-4,9H2,(H,14,16). The molecule has 0 amide bonds. The normalized spacial score (nSPS) is 15.7. The highest BCUT2D eigenvalue weighted by Crippen LogP contribution is 2.32. The molecular formula is C13H14N2O4S. The van der Waals surface area contributed by atoms with Crippen molar-refractivity contribution in [3.63, 3.8) is 0 Å². The Morgan fingerprint density at radius 1 is 1.35 bits per heavy atom. The summed E-state index contributed by atoms with van der Waals surface area (Å²) in [4.78, 5) is 14.2. The van der Waals surface area contributed by atoms with Crippen molar-refractivity contribution >= 4 is 10.0 Å². The molecule has 0 bridgehead atoms. The lowest BCUT2D eigenvalue weighted by Gasteiger charge is -2.20. The second-order valence-corrected chi connectivity index (χ2v) is 6.59. The van der Waals surface area contributed by atoms with Crippen LogP contribution in [-0.2, 0) is 16.6 Å². The first-order chi connectivity index (χ1) is 9.59. The highest BCUT2D eigenvalue weighted by molar-refractivity contribution is 7.89. The molecule has 1 aliphatic carbocycles. The van der Waals surface area contributed by atoms with Crippen molar-refractivity contribution in [3.05, 3.63) is 52.8 Å². The second kappa shape index (κ2) is 4.92. The maximum Gasteiger partial charge on any atom is 0.249 e. The summed E-state index contributed by atoms with van der Waals surface area (Å²) >= 11 is 0. The van der Waals surface area contributed by atoms with Crippen LogP contribution in [0.15, 0.2) is 51.0 Å². The van der Waals surface area contributed by atoms with Crippen molar-refractivity contribution in [2.45, 2.75) is 30.3 Å². The van der Waals surface area contributed by atoms with Gasteiger partial charge in [-0.2, -0.15) is 4.31 Å². The van der Waals surface area contributed by atoms with E-state index in [1.807, 2.05) is 0 Å². The molecule has 0 spiro atoms. The molecule has 20 heavy (non-hydrogen) atoms. The van der Waals surface area contributed by atoms with Gasteiger partial charge in [0.1, 0.15) is 10.7 Å². The third-order valence-corrected chi connectivity index (χ3v) is 5.14. The summed E-state index contributed by atoms with van der Waals surface area (Å²) in [5, 5.41) is 0. The second-order valence-electron chi connectivity index (χ2n) is 4.73. The van der Waals surface area contributed by atoms with Crippen LogP contribution in [0.3, 0.4) is 0 Å². The molecule has 2 aromatic heterocycles. The number of furan rings is 1. The number of H-pyrrole nitrogens is 1. The number of aromatic nitrogens is 1. The van der Waals surface area contributed by atoms with Gasteiger partial charge in [0.15, 0.2) is 0 Å². The number of nitrogens with zero attached hydrogens (tertiary/aromatic N) is 1. The van der Waals surface area contributed by atoms with Crippen LogP contribution in [0.25, 0.3) is 0 Å². The monoisotopic (exact) mass is 294 g/mol. The minimum atomic E-state index is -3.81. The lowest BCUT2D eigenvalue weighted by Crippen LogP contribution is -2.35. The van der Waals surface area contributed by atoms with Gasteiger partial charge in [0.05, 0.1) is 12.8 Å². The molecule has 1 fully saturated rings. The largest absolute Gasteiger partial charge is 0.468 e. The number of pyridine rings is 1. The van der Waals surface area contributed by atoms with Crippen molar-refractivity contribution in [1.82, 2.24) is 9.29 Å². The van der Waals surface area contributed by atoms with Crippen LogP contribution >= 0.6 is 0 Å². The first kappa shape index (κ1) is 13.1. The van der Waals surface area contributed by atoms with Gasteiger partial charge in [-0.05, 0) is 25.0 Å². The van der Waals surface area contributed by atoms with E-state index in [1.165, 1.54) is 29.0 Å². The summed E-state index contributed by atoms with van der Waals surface area (Å²) in [7, 11) is -3.81. The molecule has 3 rings (SSSR count). The average Bonchev–Trinajstić information content (AvgIpc) is 3.12. The predicted octanol–water partition coefficient (Wildman–Crippen LogP) is 1.32. The van der Waals surface area contributed by atoms with Crippen LogP contribution in [0.5, 0.6) is 0 Å². The van der Waals surface area contributed by atoms with Crippen molar-refractivity contribution in [2.75, 3.05) is 0 Å². The molecule has 0 saturated heterocycles. The Balaban J connectivity index is 1.98. The van der Waals surface area contributed by atoms with Gasteiger partial charge >= 0.3 is 0 Å². The molecule has 2 heterocycles. The quantitative estimate of drug-likeness (QED) is 0.901. The van der Waals surface area contributed by atoms with Gasteiger partial charge in [-0.15, -0.1) is 0 Å². The topological polar surface area (TPSA) is 83.4 Å². The van der Waals surface area contributed by atoms with Gasteiger partial charge in [-0.1, -0.05) is 0 Å². The molecule has 0 atom stereocenters. The lowest BCUT2D eigenvalue weighted by atomic mass is 10.4. The highest BCUT2D eigenvalue weighted by Gasteiger charge is 2.39. The van der Waals surface area contributed by atoms with Crippen molar-refractivity contribution in [3.8, 4) is 0 Å². The van der Waals surface area contributed by atoms with Gasteiger partial charge in [0, 0.05) is 24.5 Å². The Morgan fingerprint density at radius 2 is 2.15 bits per heavy atom.